The Morgan fingerprint density at radius 2 is 1.59 bits per heavy atom. The molecule has 0 aliphatic carbocycles. The normalized spacial score (nSPS) is 10.2. The van der Waals surface area contributed by atoms with Crippen molar-refractivity contribution in [3.63, 3.8) is 0 Å². The maximum absolute atomic E-state index is 11.8. The second-order valence-electron chi connectivity index (χ2n) is 3.27. The number of carbonyl (C=O) groups is 1. The number of halogens is 1. The van der Waals surface area contributed by atoms with Gasteiger partial charge in [-0.3, -0.25) is 4.79 Å². The second-order valence-corrected chi connectivity index (χ2v) is 6.37. The van der Waals surface area contributed by atoms with Crippen molar-refractivity contribution in [3.05, 3.63) is 64.6 Å². The van der Waals surface area contributed by atoms with Crippen LogP contribution in [0.25, 0.3) is 0 Å². The fourth-order valence-corrected chi connectivity index (χ4v) is 3.25. The molecule has 2 aromatic carbocycles. The van der Waals surface area contributed by atoms with E-state index < -0.39 is 0 Å². The molecule has 0 radical (unpaired) electrons. The van der Waals surface area contributed by atoms with Crippen LogP contribution in [-0.4, -0.2) is 5.12 Å². The molecule has 0 aromatic heterocycles. The lowest BCUT2D eigenvalue weighted by molar-refractivity contribution is 0.109. The van der Waals surface area contributed by atoms with Crippen LogP contribution in [0.4, 0.5) is 0 Å². The lowest BCUT2D eigenvalue weighted by Crippen LogP contribution is -1.89. The summed E-state index contributed by atoms with van der Waals surface area (Å²) in [4.78, 5) is 12.9. The Morgan fingerprint density at radius 1 is 0.941 bits per heavy atom. The van der Waals surface area contributed by atoms with Gasteiger partial charge < -0.3 is 0 Å². The van der Waals surface area contributed by atoms with Gasteiger partial charge in [0.25, 0.3) is 0 Å². The molecule has 0 N–H and O–H groups in total. The second kappa shape index (κ2) is 6.28. The summed E-state index contributed by atoms with van der Waals surface area (Å²) in [6.07, 6.45) is 0. The average Bonchev–Trinajstić information content (AvgIpc) is 2.39. The Labute approximate surface area is 117 Å². The van der Waals surface area contributed by atoms with Crippen LogP contribution in [0.5, 0.6) is 0 Å². The molecule has 2 rings (SSSR count). The molecule has 0 saturated heterocycles. The summed E-state index contributed by atoms with van der Waals surface area (Å²) >= 11 is 3.38. The fourth-order valence-electron chi connectivity index (χ4n) is 1.20. The molecule has 0 unspecified atom stereocenters. The van der Waals surface area contributed by atoms with Crippen molar-refractivity contribution < 1.29 is 4.79 Å². The Bertz CT molecular complexity index is 497. The van der Waals surface area contributed by atoms with Gasteiger partial charge in [0, 0.05) is 14.9 Å². The van der Waals surface area contributed by atoms with Gasteiger partial charge in [0.05, 0.1) is 0 Å². The molecule has 17 heavy (non-hydrogen) atoms. The highest BCUT2D eigenvalue weighted by atomic mass is 79.9. The third-order valence-electron chi connectivity index (χ3n) is 2.04. The van der Waals surface area contributed by atoms with Gasteiger partial charge >= 0.3 is 0 Å². The molecule has 0 amide bonds. The van der Waals surface area contributed by atoms with E-state index in [4.69, 9.17) is 0 Å². The Morgan fingerprint density at radius 3 is 2.24 bits per heavy atom. The molecule has 0 fully saturated rings. The first kappa shape index (κ1) is 12.7. The van der Waals surface area contributed by atoms with Gasteiger partial charge in [0.15, 0.2) is 0 Å². The molecule has 0 saturated carbocycles. The van der Waals surface area contributed by atoms with Crippen LogP contribution in [0.2, 0.25) is 0 Å². The van der Waals surface area contributed by atoms with Crippen molar-refractivity contribution in [2.45, 2.75) is 4.90 Å². The number of rotatable bonds is 3. The third kappa shape index (κ3) is 3.91. The molecule has 1 nitrogen and oxygen atoms in total. The maximum atomic E-state index is 11.8. The van der Waals surface area contributed by atoms with Crippen LogP contribution in [0.15, 0.2) is 64.0 Å². The fraction of sp³-hybridized carbons (Fsp3) is 0. The number of benzene rings is 2. The van der Waals surface area contributed by atoms with Crippen LogP contribution in [0.3, 0.4) is 0 Å². The summed E-state index contributed by atoms with van der Waals surface area (Å²) < 4.78 is 1.04. The molecule has 0 bridgehead atoms. The van der Waals surface area contributed by atoms with Crippen LogP contribution in [0.1, 0.15) is 10.4 Å². The van der Waals surface area contributed by atoms with Crippen LogP contribution in [0, 0.1) is 0 Å². The van der Waals surface area contributed by atoms with Crippen molar-refractivity contribution in [2.75, 3.05) is 0 Å². The van der Waals surface area contributed by atoms with Crippen LogP contribution in [-0.2, 0) is 0 Å². The van der Waals surface area contributed by atoms with Gasteiger partial charge in [-0.15, -0.1) is 0 Å². The zero-order valence-corrected chi connectivity index (χ0v) is 12.0. The van der Waals surface area contributed by atoms with Crippen molar-refractivity contribution in [1.29, 1.82) is 0 Å². The first-order valence-electron chi connectivity index (χ1n) is 4.95. The summed E-state index contributed by atoms with van der Waals surface area (Å²) in [6, 6.07) is 17.2. The topological polar surface area (TPSA) is 17.1 Å². The van der Waals surface area contributed by atoms with Crippen LogP contribution >= 0.6 is 37.5 Å². The van der Waals surface area contributed by atoms with E-state index >= 15 is 0 Å². The summed E-state index contributed by atoms with van der Waals surface area (Å²) in [5, 5.41) is 0.0820. The SMILES string of the molecule is O=C(SSc1ccc(Br)cc1)c1ccccc1. The van der Waals surface area contributed by atoms with Crippen LogP contribution < -0.4 is 0 Å². The van der Waals surface area contributed by atoms with Crippen molar-refractivity contribution >= 4 is 42.6 Å². The maximum Gasteiger partial charge on any atom is 0.230 e. The lowest BCUT2D eigenvalue weighted by Gasteiger charge is -2.00. The number of hydrogen-bond donors (Lipinski definition) is 0. The van der Waals surface area contributed by atoms with E-state index in [1.54, 1.807) is 0 Å². The van der Waals surface area contributed by atoms with E-state index in [-0.39, 0.29) is 5.12 Å². The predicted molar refractivity (Wildman–Crippen MR) is 78.4 cm³/mol. The van der Waals surface area contributed by atoms with Gasteiger partial charge in [-0.1, -0.05) is 46.3 Å². The lowest BCUT2D eigenvalue weighted by atomic mass is 10.2. The van der Waals surface area contributed by atoms with Gasteiger partial charge in [0.1, 0.15) is 0 Å². The quantitative estimate of drug-likeness (QED) is 0.737. The van der Waals surface area contributed by atoms with E-state index in [9.17, 15) is 4.79 Å². The molecule has 0 aliphatic heterocycles. The molecule has 0 aliphatic rings. The molecule has 86 valence electrons. The van der Waals surface area contributed by atoms with E-state index in [2.05, 4.69) is 15.9 Å². The molecule has 0 heterocycles. The minimum atomic E-state index is 0.0820. The summed E-state index contributed by atoms with van der Waals surface area (Å²) in [5.74, 6) is 0. The predicted octanol–water partition coefficient (Wildman–Crippen LogP) is 5.03. The van der Waals surface area contributed by atoms with Gasteiger partial charge in [-0.05, 0) is 45.9 Å². The van der Waals surface area contributed by atoms with E-state index in [1.807, 2.05) is 54.6 Å². The Hall–Kier alpha value is -0.710. The molecule has 0 spiro atoms. The monoisotopic (exact) mass is 324 g/mol. The van der Waals surface area contributed by atoms with Crippen molar-refractivity contribution in [3.8, 4) is 0 Å². The highest BCUT2D eigenvalue weighted by molar-refractivity contribution is 9.10. The molecular formula is C13H9BrOS2. The number of carbonyl (C=O) groups excluding carboxylic acids is 1. The molecular weight excluding hydrogens is 316 g/mol. The van der Waals surface area contributed by atoms with E-state index in [0.717, 1.165) is 14.9 Å². The first-order valence-corrected chi connectivity index (χ1v) is 7.89. The zero-order valence-electron chi connectivity index (χ0n) is 8.80. The van der Waals surface area contributed by atoms with E-state index in [1.165, 1.54) is 21.6 Å². The number of hydrogen-bond acceptors (Lipinski definition) is 3. The van der Waals surface area contributed by atoms with Crippen molar-refractivity contribution in [1.82, 2.24) is 0 Å². The first-order chi connectivity index (χ1) is 8.25. The summed E-state index contributed by atoms with van der Waals surface area (Å²) in [6.45, 7) is 0. The van der Waals surface area contributed by atoms with E-state index in [0.29, 0.717) is 0 Å². The average molecular weight is 325 g/mol. The summed E-state index contributed by atoms with van der Waals surface area (Å²) in [5.41, 5.74) is 0.738. The highest BCUT2D eigenvalue weighted by Gasteiger charge is 2.06. The smallest absolute Gasteiger partial charge is 0.230 e. The van der Waals surface area contributed by atoms with Gasteiger partial charge in [0.2, 0.25) is 5.12 Å². The summed E-state index contributed by atoms with van der Waals surface area (Å²) in [7, 11) is 2.73. The minimum absolute atomic E-state index is 0.0820. The zero-order chi connectivity index (χ0) is 12.1. The Kier molecular flexibility index (Phi) is 4.71. The minimum Gasteiger partial charge on any atom is -0.281 e. The third-order valence-corrected chi connectivity index (χ3v) is 4.78. The largest absolute Gasteiger partial charge is 0.281 e. The molecule has 2 aromatic rings. The van der Waals surface area contributed by atoms with Gasteiger partial charge in [-0.25, -0.2) is 0 Å². The molecule has 0 atom stereocenters. The van der Waals surface area contributed by atoms with Crippen molar-refractivity contribution in [2.24, 2.45) is 0 Å². The molecule has 4 heteroatoms. The van der Waals surface area contributed by atoms with Gasteiger partial charge in [-0.2, -0.15) is 0 Å². The Balaban J connectivity index is 1.95. The standard InChI is InChI=1S/C13H9BrOS2/c14-11-6-8-12(9-7-11)16-17-13(15)10-4-2-1-3-5-10/h1-9H. The highest BCUT2D eigenvalue weighted by Crippen LogP contribution is 2.33.